The van der Waals surface area contributed by atoms with Crippen LogP contribution in [-0.2, 0) is 27.2 Å². The first-order chi connectivity index (χ1) is 9.11. The molecular weight excluding hydrogens is 242 g/mol. The van der Waals surface area contributed by atoms with Gasteiger partial charge in [0.15, 0.2) is 6.04 Å². The van der Waals surface area contributed by atoms with Gasteiger partial charge in [-0.1, -0.05) is 18.2 Å². The molecule has 1 atom stereocenters. The van der Waals surface area contributed by atoms with Crippen molar-refractivity contribution in [2.24, 2.45) is 0 Å². The summed E-state index contributed by atoms with van der Waals surface area (Å²) < 4.78 is 4.76. The van der Waals surface area contributed by atoms with Crippen molar-refractivity contribution >= 4 is 11.9 Å². The Morgan fingerprint density at radius 2 is 1.89 bits per heavy atom. The van der Waals surface area contributed by atoms with E-state index in [9.17, 15) is 9.59 Å². The third-order valence-corrected chi connectivity index (χ3v) is 3.49. The average Bonchev–Trinajstić information content (AvgIpc) is 2.43. The lowest BCUT2D eigenvalue weighted by Crippen LogP contribution is -2.33. The molecule has 1 aliphatic rings. The van der Waals surface area contributed by atoms with Gasteiger partial charge in [0.25, 0.3) is 0 Å². The van der Waals surface area contributed by atoms with Gasteiger partial charge in [0.1, 0.15) is 0 Å². The molecule has 1 aromatic carbocycles. The zero-order valence-electron chi connectivity index (χ0n) is 11.4. The number of ether oxygens (including phenoxy) is 1. The Hall–Kier alpha value is -1.84. The second kappa shape index (κ2) is 5.87. The van der Waals surface area contributed by atoms with Crippen molar-refractivity contribution in [3.8, 4) is 0 Å². The van der Waals surface area contributed by atoms with Crippen molar-refractivity contribution in [1.82, 2.24) is 5.32 Å². The molecule has 102 valence electrons. The molecule has 4 heteroatoms. The van der Waals surface area contributed by atoms with E-state index in [1.165, 1.54) is 38.0 Å². The van der Waals surface area contributed by atoms with Crippen LogP contribution in [0.25, 0.3) is 0 Å². The summed E-state index contributed by atoms with van der Waals surface area (Å²) in [5.41, 5.74) is 3.42. The van der Waals surface area contributed by atoms with Gasteiger partial charge in [0.05, 0.1) is 7.11 Å². The predicted octanol–water partition coefficient (Wildman–Crippen LogP) is 1.92. The molecule has 4 nitrogen and oxygen atoms in total. The van der Waals surface area contributed by atoms with Gasteiger partial charge in [-0.3, -0.25) is 4.79 Å². The minimum Gasteiger partial charge on any atom is -0.467 e. The second-order valence-electron chi connectivity index (χ2n) is 4.89. The first-order valence-electron chi connectivity index (χ1n) is 6.58. The molecule has 19 heavy (non-hydrogen) atoms. The number of rotatable bonds is 3. The minimum atomic E-state index is -0.713. The van der Waals surface area contributed by atoms with E-state index in [4.69, 9.17) is 4.74 Å². The molecule has 0 bridgehead atoms. The minimum absolute atomic E-state index is 0.242. The van der Waals surface area contributed by atoms with E-state index in [1.807, 2.05) is 12.1 Å². The van der Waals surface area contributed by atoms with Crippen LogP contribution in [0.15, 0.2) is 18.2 Å². The van der Waals surface area contributed by atoms with Crippen molar-refractivity contribution in [2.45, 2.75) is 38.6 Å². The fourth-order valence-electron chi connectivity index (χ4n) is 2.53. The molecule has 1 amide bonds. The lowest BCUT2D eigenvalue weighted by molar-refractivity contribution is -0.145. The van der Waals surface area contributed by atoms with Crippen molar-refractivity contribution < 1.29 is 14.3 Å². The molecule has 0 fully saturated rings. The van der Waals surface area contributed by atoms with Gasteiger partial charge in [0.2, 0.25) is 5.91 Å². The molecule has 0 aliphatic heterocycles. The molecule has 0 radical (unpaired) electrons. The van der Waals surface area contributed by atoms with Crippen LogP contribution >= 0.6 is 0 Å². The number of hydrogen-bond donors (Lipinski definition) is 1. The summed E-state index contributed by atoms with van der Waals surface area (Å²) in [7, 11) is 1.33. The predicted molar refractivity (Wildman–Crippen MR) is 71.7 cm³/mol. The van der Waals surface area contributed by atoms with Gasteiger partial charge in [-0.25, -0.2) is 4.79 Å². The van der Waals surface area contributed by atoms with Crippen LogP contribution < -0.4 is 5.32 Å². The van der Waals surface area contributed by atoms with Crippen LogP contribution in [-0.4, -0.2) is 19.0 Å². The standard InChI is InChI=1S/C15H19NO3/c1-10(17)16-14(15(18)19-2)13-8-7-11-5-3-4-6-12(11)9-13/h7-9,14H,3-6H2,1-2H3,(H,16,17). The average molecular weight is 261 g/mol. The highest BCUT2D eigenvalue weighted by Crippen LogP contribution is 2.25. The van der Waals surface area contributed by atoms with Crippen LogP contribution in [0.4, 0.5) is 0 Å². The van der Waals surface area contributed by atoms with Crippen molar-refractivity contribution in [1.29, 1.82) is 0 Å². The maximum Gasteiger partial charge on any atom is 0.333 e. The number of nitrogens with one attached hydrogen (secondary N) is 1. The Labute approximate surface area is 113 Å². The van der Waals surface area contributed by atoms with Crippen LogP contribution in [0.1, 0.15) is 42.5 Å². The number of methoxy groups -OCH3 is 1. The summed E-state index contributed by atoms with van der Waals surface area (Å²) in [5.74, 6) is -0.681. The first kappa shape index (κ1) is 13.6. The van der Waals surface area contributed by atoms with Crippen LogP contribution in [0.3, 0.4) is 0 Å². The van der Waals surface area contributed by atoms with E-state index in [-0.39, 0.29) is 5.91 Å². The third kappa shape index (κ3) is 3.13. The zero-order valence-corrected chi connectivity index (χ0v) is 11.4. The number of carbonyl (C=O) groups is 2. The summed E-state index contributed by atoms with van der Waals surface area (Å²) in [6.45, 7) is 1.40. The van der Waals surface area contributed by atoms with Crippen LogP contribution in [0, 0.1) is 0 Å². The second-order valence-corrected chi connectivity index (χ2v) is 4.89. The van der Waals surface area contributed by atoms with Crippen LogP contribution in [0.2, 0.25) is 0 Å². The van der Waals surface area contributed by atoms with Crippen molar-refractivity contribution in [3.63, 3.8) is 0 Å². The highest BCUT2D eigenvalue weighted by Gasteiger charge is 2.23. The van der Waals surface area contributed by atoms with Gasteiger partial charge in [-0.15, -0.1) is 0 Å². The molecule has 0 heterocycles. The maximum absolute atomic E-state index is 11.8. The molecule has 0 saturated carbocycles. The van der Waals surface area contributed by atoms with E-state index in [0.717, 1.165) is 18.4 Å². The number of esters is 1. The molecule has 0 saturated heterocycles. The highest BCUT2D eigenvalue weighted by atomic mass is 16.5. The lowest BCUT2D eigenvalue weighted by Gasteiger charge is -2.20. The molecular formula is C15H19NO3. The number of amides is 1. The van der Waals surface area contributed by atoms with Crippen molar-refractivity contribution in [3.05, 3.63) is 34.9 Å². The van der Waals surface area contributed by atoms with Crippen molar-refractivity contribution in [2.75, 3.05) is 7.11 Å². The number of benzene rings is 1. The van der Waals surface area contributed by atoms with Gasteiger partial charge < -0.3 is 10.1 Å². The Kier molecular flexibility index (Phi) is 4.20. The molecule has 1 N–H and O–H groups in total. The summed E-state index contributed by atoms with van der Waals surface area (Å²) in [6, 6.07) is 5.27. The summed E-state index contributed by atoms with van der Waals surface area (Å²) in [4.78, 5) is 23.0. The maximum atomic E-state index is 11.8. The van der Waals surface area contributed by atoms with Gasteiger partial charge in [-0.05, 0) is 42.4 Å². The Balaban J connectivity index is 2.30. The molecule has 2 rings (SSSR count). The summed E-state index contributed by atoms with van der Waals surface area (Å²) in [6.07, 6.45) is 4.54. The molecule has 1 aliphatic carbocycles. The van der Waals surface area contributed by atoms with E-state index < -0.39 is 12.0 Å². The number of hydrogen-bond acceptors (Lipinski definition) is 3. The van der Waals surface area contributed by atoms with Gasteiger partial charge in [-0.2, -0.15) is 0 Å². The number of aryl methyl sites for hydroxylation is 2. The summed E-state index contributed by atoms with van der Waals surface area (Å²) >= 11 is 0. The molecule has 0 aromatic heterocycles. The largest absolute Gasteiger partial charge is 0.467 e. The monoisotopic (exact) mass is 261 g/mol. The number of fused-ring (bicyclic) bond motifs is 1. The van der Waals surface area contributed by atoms with E-state index in [2.05, 4.69) is 11.4 Å². The SMILES string of the molecule is COC(=O)C(NC(C)=O)c1ccc2c(c1)CCCC2. The van der Waals surface area contributed by atoms with E-state index >= 15 is 0 Å². The number of carbonyl (C=O) groups excluding carboxylic acids is 2. The van der Waals surface area contributed by atoms with Gasteiger partial charge >= 0.3 is 5.97 Å². The van der Waals surface area contributed by atoms with Gasteiger partial charge in [0, 0.05) is 6.92 Å². The summed E-state index contributed by atoms with van der Waals surface area (Å²) in [5, 5.41) is 2.64. The third-order valence-electron chi connectivity index (χ3n) is 3.49. The Bertz CT molecular complexity index is 496. The van der Waals surface area contributed by atoms with Crippen LogP contribution in [0.5, 0.6) is 0 Å². The zero-order chi connectivity index (χ0) is 13.8. The molecule has 1 unspecified atom stereocenters. The fraction of sp³-hybridized carbons (Fsp3) is 0.467. The highest BCUT2D eigenvalue weighted by molar-refractivity contribution is 5.84. The molecule has 0 spiro atoms. The lowest BCUT2D eigenvalue weighted by atomic mass is 9.89. The Morgan fingerprint density at radius 3 is 2.53 bits per heavy atom. The Morgan fingerprint density at radius 1 is 1.21 bits per heavy atom. The smallest absolute Gasteiger partial charge is 0.333 e. The fourth-order valence-corrected chi connectivity index (χ4v) is 2.53. The quantitative estimate of drug-likeness (QED) is 0.846. The molecule has 1 aromatic rings. The topological polar surface area (TPSA) is 55.4 Å². The van der Waals surface area contributed by atoms with E-state index in [0.29, 0.717) is 0 Å². The first-order valence-corrected chi connectivity index (χ1v) is 6.58. The normalized spacial score (nSPS) is 15.3. The van der Waals surface area contributed by atoms with E-state index in [1.54, 1.807) is 0 Å².